The molecule has 2 amide bonds. The summed E-state index contributed by atoms with van der Waals surface area (Å²) in [5, 5.41) is 11.9. The number of pyridine rings is 1. The minimum absolute atomic E-state index is 0.0300. The predicted molar refractivity (Wildman–Crippen MR) is 136 cm³/mol. The summed E-state index contributed by atoms with van der Waals surface area (Å²) in [7, 11) is 0. The van der Waals surface area contributed by atoms with Gasteiger partial charge in [-0.3, -0.25) is 9.36 Å². The topological polar surface area (TPSA) is 122 Å². The number of nitrogens with one attached hydrogen (secondary N) is 1. The molecule has 184 valence electrons. The fourth-order valence-electron chi connectivity index (χ4n) is 5.59. The van der Waals surface area contributed by atoms with E-state index in [2.05, 4.69) is 20.4 Å². The predicted octanol–water partition coefficient (Wildman–Crippen LogP) is 3.33. The van der Waals surface area contributed by atoms with Crippen LogP contribution in [0.2, 0.25) is 0 Å². The molecule has 2 aliphatic rings. The molecule has 3 heterocycles. The number of hydrogen-bond donors (Lipinski definition) is 2. The molecule has 2 fully saturated rings. The Balaban J connectivity index is 1.37. The van der Waals surface area contributed by atoms with Crippen LogP contribution in [0.3, 0.4) is 0 Å². The van der Waals surface area contributed by atoms with E-state index in [1.807, 2.05) is 45.0 Å². The van der Waals surface area contributed by atoms with Gasteiger partial charge in [-0.2, -0.15) is 4.98 Å². The van der Waals surface area contributed by atoms with Gasteiger partial charge in [-0.15, -0.1) is 10.2 Å². The van der Waals surface area contributed by atoms with E-state index in [4.69, 9.17) is 10.7 Å². The Morgan fingerprint density at radius 1 is 1.06 bits per heavy atom. The van der Waals surface area contributed by atoms with E-state index < -0.39 is 0 Å². The first-order valence-corrected chi connectivity index (χ1v) is 12.3. The Labute approximate surface area is 204 Å². The molecule has 0 spiro atoms. The Bertz CT molecular complexity index is 1290. The van der Waals surface area contributed by atoms with Crippen LogP contribution in [-0.4, -0.2) is 55.9 Å². The number of piperazine rings is 1. The minimum atomic E-state index is -0.373. The summed E-state index contributed by atoms with van der Waals surface area (Å²) in [5.41, 5.74) is 9.45. The standard InChI is InChI=1S/C25H32N8O2/c1-15-12-21(34)33(20-6-4-5-7-20)23-22(15)29-30-25(28-23)27-18-8-10-19(11-9-18)31-13-16(2)32(24(26)35)17(3)14-31/h8-12,16-17,20H,4-7,13-14H2,1-3H3,(H2,26,35)(H,27,28,30). The summed E-state index contributed by atoms with van der Waals surface area (Å²) in [4.78, 5) is 33.3. The Morgan fingerprint density at radius 3 is 2.34 bits per heavy atom. The Kier molecular flexibility index (Phi) is 6.04. The van der Waals surface area contributed by atoms with Gasteiger partial charge in [-0.1, -0.05) is 12.8 Å². The van der Waals surface area contributed by atoms with E-state index >= 15 is 0 Å². The number of carbonyl (C=O) groups is 1. The highest BCUT2D eigenvalue weighted by atomic mass is 16.2. The minimum Gasteiger partial charge on any atom is -0.367 e. The third-order valence-electron chi connectivity index (χ3n) is 7.20. The molecule has 2 unspecified atom stereocenters. The summed E-state index contributed by atoms with van der Waals surface area (Å²) >= 11 is 0. The number of aryl methyl sites for hydroxylation is 1. The molecule has 2 aromatic heterocycles. The summed E-state index contributed by atoms with van der Waals surface area (Å²) in [6, 6.07) is 9.50. The maximum absolute atomic E-state index is 12.8. The molecule has 1 saturated heterocycles. The average Bonchev–Trinajstić information content (AvgIpc) is 3.33. The Hall–Kier alpha value is -3.69. The van der Waals surface area contributed by atoms with Crippen LogP contribution in [0.15, 0.2) is 35.1 Å². The van der Waals surface area contributed by atoms with Gasteiger partial charge in [-0.05, 0) is 63.4 Å². The van der Waals surface area contributed by atoms with Crippen molar-refractivity contribution in [1.82, 2.24) is 24.6 Å². The van der Waals surface area contributed by atoms with Gasteiger partial charge >= 0.3 is 6.03 Å². The fraction of sp³-hybridized carbons (Fsp3) is 0.480. The van der Waals surface area contributed by atoms with Crippen molar-refractivity contribution >= 4 is 34.5 Å². The lowest BCUT2D eigenvalue weighted by Gasteiger charge is -2.44. The zero-order valence-electron chi connectivity index (χ0n) is 20.4. The zero-order valence-corrected chi connectivity index (χ0v) is 20.4. The molecule has 0 bridgehead atoms. The number of primary amides is 1. The quantitative estimate of drug-likeness (QED) is 0.592. The number of fused-ring (bicyclic) bond motifs is 1. The number of hydrogen-bond acceptors (Lipinski definition) is 7. The third-order valence-corrected chi connectivity index (χ3v) is 7.20. The second-order valence-electron chi connectivity index (χ2n) is 9.80. The normalized spacial score (nSPS) is 21.0. The summed E-state index contributed by atoms with van der Waals surface area (Å²) in [6.45, 7) is 7.34. The van der Waals surface area contributed by atoms with Crippen molar-refractivity contribution in [3.63, 3.8) is 0 Å². The van der Waals surface area contributed by atoms with E-state index in [1.165, 1.54) is 0 Å². The molecule has 1 aliphatic heterocycles. The van der Waals surface area contributed by atoms with E-state index in [-0.39, 0.29) is 29.7 Å². The number of benzene rings is 1. The molecule has 5 rings (SSSR count). The molecule has 3 aromatic rings. The van der Waals surface area contributed by atoms with E-state index in [1.54, 1.807) is 15.5 Å². The van der Waals surface area contributed by atoms with Gasteiger partial charge in [-0.25, -0.2) is 4.79 Å². The van der Waals surface area contributed by atoms with E-state index in [9.17, 15) is 9.59 Å². The first kappa shape index (κ1) is 23.1. The number of nitrogens with two attached hydrogens (primary N) is 1. The maximum Gasteiger partial charge on any atom is 0.315 e. The lowest BCUT2D eigenvalue weighted by molar-refractivity contribution is 0.150. The third kappa shape index (κ3) is 4.40. The number of carbonyl (C=O) groups excluding carboxylic acids is 1. The molecular formula is C25H32N8O2. The molecule has 0 radical (unpaired) electrons. The van der Waals surface area contributed by atoms with Gasteiger partial charge in [0.15, 0.2) is 5.65 Å². The molecule has 3 N–H and O–H groups in total. The van der Waals surface area contributed by atoms with Crippen LogP contribution in [0.4, 0.5) is 22.1 Å². The van der Waals surface area contributed by atoms with E-state index in [0.717, 1.165) is 55.7 Å². The number of nitrogens with zero attached hydrogens (tertiary/aromatic N) is 6. The van der Waals surface area contributed by atoms with Crippen LogP contribution in [0.25, 0.3) is 11.2 Å². The number of amides is 2. The lowest BCUT2D eigenvalue weighted by Crippen LogP contribution is -2.60. The van der Waals surface area contributed by atoms with Crippen LogP contribution < -0.4 is 21.5 Å². The largest absolute Gasteiger partial charge is 0.367 e. The zero-order chi connectivity index (χ0) is 24.7. The van der Waals surface area contributed by atoms with Crippen LogP contribution in [0.1, 0.15) is 51.1 Å². The van der Waals surface area contributed by atoms with Gasteiger partial charge in [0.25, 0.3) is 5.56 Å². The lowest BCUT2D eigenvalue weighted by atomic mass is 10.1. The number of urea groups is 1. The molecule has 10 heteroatoms. The second-order valence-corrected chi connectivity index (χ2v) is 9.80. The maximum atomic E-state index is 12.8. The molecular weight excluding hydrogens is 444 g/mol. The molecule has 1 aromatic carbocycles. The van der Waals surface area contributed by atoms with Gasteiger partial charge in [0.2, 0.25) is 5.95 Å². The van der Waals surface area contributed by atoms with Crippen molar-refractivity contribution < 1.29 is 4.79 Å². The van der Waals surface area contributed by atoms with E-state index in [0.29, 0.717) is 17.1 Å². The van der Waals surface area contributed by atoms with Gasteiger partial charge < -0.3 is 20.9 Å². The molecule has 1 aliphatic carbocycles. The van der Waals surface area contributed by atoms with Crippen molar-refractivity contribution in [1.29, 1.82) is 0 Å². The molecule has 1 saturated carbocycles. The van der Waals surface area contributed by atoms with Gasteiger partial charge in [0, 0.05) is 48.7 Å². The first-order valence-electron chi connectivity index (χ1n) is 12.3. The van der Waals surface area contributed by atoms with Crippen LogP contribution in [-0.2, 0) is 0 Å². The highest BCUT2D eigenvalue weighted by molar-refractivity contribution is 5.75. The molecule has 2 atom stereocenters. The monoisotopic (exact) mass is 476 g/mol. The number of anilines is 3. The van der Waals surface area contributed by atoms with Gasteiger partial charge in [0.1, 0.15) is 5.52 Å². The highest BCUT2D eigenvalue weighted by Gasteiger charge is 2.31. The summed E-state index contributed by atoms with van der Waals surface area (Å²) in [5.74, 6) is 0.360. The smallest absolute Gasteiger partial charge is 0.315 e. The van der Waals surface area contributed by atoms with Crippen LogP contribution in [0, 0.1) is 6.92 Å². The molecule has 10 nitrogen and oxygen atoms in total. The first-order chi connectivity index (χ1) is 16.8. The van der Waals surface area contributed by atoms with Crippen LogP contribution in [0.5, 0.6) is 0 Å². The van der Waals surface area contributed by atoms with Crippen molar-refractivity contribution in [3.05, 3.63) is 46.2 Å². The average molecular weight is 477 g/mol. The van der Waals surface area contributed by atoms with Gasteiger partial charge in [0.05, 0.1) is 0 Å². The SMILES string of the molecule is Cc1cc(=O)n(C2CCCC2)c2nc(Nc3ccc(N4CC(C)N(C(N)=O)C(C)C4)cc3)nnc12. The number of aromatic nitrogens is 4. The van der Waals surface area contributed by atoms with Crippen molar-refractivity contribution in [2.24, 2.45) is 5.73 Å². The molecule has 35 heavy (non-hydrogen) atoms. The van der Waals surface area contributed by atoms with Crippen LogP contribution >= 0.6 is 0 Å². The Morgan fingerprint density at radius 2 is 1.71 bits per heavy atom. The van der Waals surface area contributed by atoms with Crippen molar-refractivity contribution in [2.75, 3.05) is 23.3 Å². The second kappa shape index (κ2) is 9.16. The van der Waals surface area contributed by atoms with Crippen molar-refractivity contribution in [3.8, 4) is 0 Å². The fourth-order valence-corrected chi connectivity index (χ4v) is 5.59. The number of rotatable bonds is 4. The van der Waals surface area contributed by atoms with Crippen molar-refractivity contribution in [2.45, 2.75) is 64.6 Å². The summed E-state index contributed by atoms with van der Waals surface area (Å²) in [6.07, 6.45) is 4.21. The summed E-state index contributed by atoms with van der Waals surface area (Å²) < 4.78 is 1.80. The highest BCUT2D eigenvalue weighted by Crippen LogP contribution is 2.31.